The Morgan fingerprint density at radius 2 is 1.90 bits per heavy atom. The minimum absolute atomic E-state index is 0.150. The van der Waals surface area contributed by atoms with Crippen molar-refractivity contribution >= 4 is 27.7 Å². The maximum absolute atomic E-state index is 13.3. The normalized spacial score (nSPS) is 10.7. The lowest BCUT2D eigenvalue weighted by Crippen LogP contribution is -2.14. The van der Waals surface area contributed by atoms with E-state index in [1.165, 1.54) is 18.5 Å². The SMILES string of the molecule is O=C(Cc1ccccc1Br)Nc1onc(-c2ccc(F)cc2)c1-c1ccncn1. The van der Waals surface area contributed by atoms with Crippen molar-refractivity contribution in [3.8, 4) is 22.5 Å². The predicted molar refractivity (Wildman–Crippen MR) is 109 cm³/mol. The van der Waals surface area contributed by atoms with E-state index < -0.39 is 0 Å². The lowest BCUT2D eigenvalue weighted by Gasteiger charge is -2.07. The molecular formula is C21H14BrFN4O2. The summed E-state index contributed by atoms with van der Waals surface area (Å²) in [7, 11) is 0. The molecule has 29 heavy (non-hydrogen) atoms. The molecule has 4 rings (SSSR count). The molecule has 0 atom stereocenters. The second kappa shape index (κ2) is 8.32. The molecule has 1 amide bonds. The largest absolute Gasteiger partial charge is 0.337 e. The van der Waals surface area contributed by atoms with E-state index in [4.69, 9.17) is 4.52 Å². The van der Waals surface area contributed by atoms with Gasteiger partial charge in [0.15, 0.2) is 0 Å². The average molecular weight is 453 g/mol. The van der Waals surface area contributed by atoms with E-state index in [1.807, 2.05) is 24.3 Å². The Hall–Kier alpha value is -3.39. The van der Waals surface area contributed by atoms with Gasteiger partial charge in [-0.3, -0.25) is 10.1 Å². The van der Waals surface area contributed by atoms with E-state index in [0.29, 0.717) is 22.5 Å². The van der Waals surface area contributed by atoms with Gasteiger partial charge in [-0.15, -0.1) is 0 Å². The first-order valence-corrected chi connectivity index (χ1v) is 9.46. The van der Waals surface area contributed by atoms with Crippen molar-refractivity contribution in [2.24, 2.45) is 0 Å². The zero-order chi connectivity index (χ0) is 20.2. The summed E-state index contributed by atoms with van der Waals surface area (Å²) in [6.45, 7) is 0. The molecule has 0 aliphatic carbocycles. The fraction of sp³-hybridized carbons (Fsp3) is 0.0476. The standard InChI is InChI=1S/C21H14BrFN4O2/c22-16-4-2-1-3-14(16)11-18(28)26-21-19(17-9-10-24-12-25-17)20(27-29-21)13-5-7-15(23)8-6-13/h1-10,12H,11H2,(H,26,28). The molecule has 0 saturated heterocycles. The van der Waals surface area contributed by atoms with Crippen LogP contribution in [-0.2, 0) is 11.2 Å². The summed E-state index contributed by atoms with van der Waals surface area (Å²) in [6.07, 6.45) is 3.12. The summed E-state index contributed by atoms with van der Waals surface area (Å²) in [5.41, 5.74) is 2.94. The number of hydrogen-bond donors (Lipinski definition) is 1. The Morgan fingerprint density at radius 3 is 2.62 bits per heavy atom. The van der Waals surface area contributed by atoms with E-state index >= 15 is 0 Å². The molecule has 2 aromatic carbocycles. The highest BCUT2D eigenvalue weighted by molar-refractivity contribution is 9.10. The van der Waals surface area contributed by atoms with Crippen LogP contribution in [0.4, 0.5) is 10.3 Å². The molecule has 0 fully saturated rings. The molecule has 6 nitrogen and oxygen atoms in total. The Morgan fingerprint density at radius 1 is 1.10 bits per heavy atom. The molecule has 2 heterocycles. The van der Waals surface area contributed by atoms with E-state index in [9.17, 15) is 9.18 Å². The fourth-order valence-corrected chi connectivity index (χ4v) is 3.27. The molecule has 0 saturated carbocycles. The van der Waals surface area contributed by atoms with Gasteiger partial charge in [-0.25, -0.2) is 14.4 Å². The third kappa shape index (κ3) is 4.22. The van der Waals surface area contributed by atoms with E-state index in [-0.39, 0.29) is 24.0 Å². The van der Waals surface area contributed by atoms with Gasteiger partial charge in [-0.1, -0.05) is 39.3 Å². The van der Waals surface area contributed by atoms with Gasteiger partial charge >= 0.3 is 0 Å². The Labute approximate surface area is 173 Å². The molecule has 144 valence electrons. The molecule has 0 aliphatic heterocycles. The molecule has 2 aromatic heterocycles. The number of nitrogens with zero attached hydrogens (tertiary/aromatic N) is 3. The third-order valence-electron chi connectivity index (χ3n) is 4.21. The van der Waals surface area contributed by atoms with Crippen molar-refractivity contribution in [1.29, 1.82) is 0 Å². The molecule has 8 heteroatoms. The summed E-state index contributed by atoms with van der Waals surface area (Å²) < 4.78 is 19.6. The zero-order valence-corrected chi connectivity index (χ0v) is 16.6. The van der Waals surface area contributed by atoms with Crippen molar-refractivity contribution in [1.82, 2.24) is 15.1 Å². The number of hydrogen-bond acceptors (Lipinski definition) is 5. The summed E-state index contributed by atoms with van der Waals surface area (Å²) in [4.78, 5) is 20.8. The van der Waals surface area contributed by atoms with Gasteiger partial charge in [-0.05, 0) is 42.0 Å². The van der Waals surface area contributed by atoms with Gasteiger partial charge in [0, 0.05) is 16.2 Å². The van der Waals surface area contributed by atoms with Gasteiger partial charge in [0.1, 0.15) is 17.8 Å². The van der Waals surface area contributed by atoms with Crippen LogP contribution in [0.3, 0.4) is 0 Å². The monoisotopic (exact) mass is 452 g/mol. The van der Waals surface area contributed by atoms with Gasteiger partial charge in [0.2, 0.25) is 11.8 Å². The highest BCUT2D eigenvalue weighted by atomic mass is 79.9. The summed E-state index contributed by atoms with van der Waals surface area (Å²) in [5.74, 6) is -0.461. The van der Waals surface area contributed by atoms with Crippen LogP contribution in [0.15, 0.2) is 76.1 Å². The van der Waals surface area contributed by atoms with Gasteiger partial charge in [0.25, 0.3) is 0 Å². The van der Waals surface area contributed by atoms with Crippen molar-refractivity contribution in [2.45, 2.75) is 6.42 Å². The number of anilines is 1. The summed E-state index contributed by atoms with van der Waals surface area (Å²) in [6, 6.07) is 15.0. The number of carbonyl (C=O) groups is 1. The van der Waals surface area contributed by atoms with Gasteiger partial charge in [0.05, 0.1) is 17.7 Å². The van der Waals surface area contributed by atoms with Crippen LogP contribution < -0.4 is 5.32 Å². The van der Waals surface area contributed by atoms with Crippen molar-refractivity contribution in [2.75, 3.05) is 5.32 Å². The quantitative estimate of drug-likeness (QED) is 0.466. The van der Waals surface area contributed by atoms with Crippen molar-refractivity contribution < 1.29 is 13.7 Å². The minimum Gasteiger partial charge on any atom is -0.337 e. The van der Waals surface area contributed by atoms with Crippen LogP contribution >= 0.6 is 15.9 Å². The van der Waals surface area contributed by atoms with Crippen LogP contribution in [0.1, 0.15) is 5.56 Å². The lowest BCUT2D eigenvalue weighted by molar-refractivity contribution is -0.115. The first-order valence-electron chi connectivity index (χ1n) is 8.67. The summed E-state index contributed by atoms with van der Waals surface area (Å²) >= 11 is 3.44. The molecular weight excluding hydrogens is 439 g/mol. The maximum Gasteiger partial charge on any atom is 0.241 e. The minimum atomic E-state index is -0.359. The van der Waals surface area contributed by atoms with E-state index in [1.54, 1.807) is 24.4 Å². The Bertz CT molecular complexity index is 1150. The smallest absolute Gasteiger partial charge is 0.241 e. The highest BCUT2D eigenvalue weighted by Gasteiger charge is 2.22. The topological polar surface area (TPSA) is 80.9 Å². The second-order valence-corrected chi connectivity index (χ2v) is 7.01. The number of amides is 1. The number of benzene rings is 2. The van der Waals surface area contributed by atoms with Crippen LogP contribution in [0.5, 0.6) is 0 Å². The fourth-order valence-electron chi connectivity index (χ4n) is 2.84. The molecule has 0 bridgehead atoms. The Kier molecular flexibility index (Phi) is 5.44. The maximum atomic E-state index is 13.3. The third-order valence-corrected chi connectivity index (χ3v) is 4.98. The van der Waals surface area contributed by atoms with E-state index in [0.717, 1.165) is 10.0 Å². The van der Waals surface area contributed by atoms with E-state index in [2.05, 4.69) is 36.4 Å². The number of nitrogens with one attached hydrogen (secondary N) is 1. The van der Waals surface area contributed by atoms with Crippen molar-refractivity contribution in [3.63, 3.8) is 0 Å². The molecule has 0 spiro atoms. The molecule has 4 aromatic rings. The number of aromatic nitrogens is 3. The number of rotatable bonds is 5. The molecule has 0 aliphatic rings. The average Bonchev–Trinajstić information content (AvgIpc) is 3.14. The highest BCUT2D eigenvalue weighted by Crippen LogP contribution is 2.36. The van der Waals surface area contributed by atoms with Gasteiger partial charge in [-0.2, -0.15) is 0 Å². The van der Waals surface area contributed by atoms with Crippen molar-refractivity contribution in [3.05, 3.63) is 83.0 Å². The summed E-state index contributed by atoms with van der Waals surface area (Å²) in [5, 5.41) is 6.85. The second-order valence-electron chi connectivity index (χ2n) is 6.15. The number of carbonyl (C=O) groups excluding carboxylic acids is 1. The Balaban J connectivity index is 1.69. The molecule has 0 unspecified atom stereocenters. The lowest BCUT2D eigenvalue weighted by atomic mass is 10.0. The van der Waals surface area contributed by atoms with Crippen LogP contribution in [-0.4, -0.2) is 21.0 Å². The van der Waals surface area contributed by atoms with Crippen LogP contribution in [0.25, 0.3) is 22.5 Å². The van der Waals surface area contributed by atoms with Crippen LogP contribution in [0, 0.1) is 5.82 Å². The molecule has 1 N–H and O–H groups in total. The predicted octanol–water partition coefficient (Wildman–Crippen LogP) is 4.88. The first kappa shape index (κ1) is 18.9. The molecule has 0 radical (unpaired) electrons. The first-order chi connectivity index (χ1) is 14.1. The number of halogens is 2. The zero-order valence-electron chi connectivity index (χ0n) is 15.0. The van der Waals surface area contributed by atoms with Gasteiger partial charge < -0.3 is 4.52 Å². The van der Waals surface area contributed by atoms with Crippen LogP contribution in [0.2, 0.25) is 0 Å².